The maximum absolute atomic E-state index is 12.1. The quantitative estimate of drug-likeness (QED) is 0.434. The number of likely N-dealkylation sites (N-methyl/N-ethyl adjacent to an activating group) is 1. The number of nitrogens with one attached hydrogen (secondary N) is 1. The molecule has 200 valence electrons. The molecule has 36 heavy (non-hydrogen) atoms. The summed E-state index contributed by atoms with van der Waals surface area (Å²) >= 11 is 0. The number of carbonyl (C=O) groups is 2. The minimum absolute atomic E-state index is 0.104. The molecule has 0 radical (unpaired) electrons. The molecule has 3 rings (SSSR count). The van der Waals surface area contributed by atoms with Gasteiger partial charge in [0.1, 0.15) is 23.6 Å². The van der Waals surface area contributed by atoms with Gasteiger partial charge in [-0.3, -0.25) is 9.59 Å². The Bertz CT molecular complexity index is 846. The maximum Gasteiger partial charge on any atom is 0.323 e. The number of hydrogen-bond acceptors (Lipinski definition) is 6. The van der Waals surface area contributed by atoms with Crippen LogP contribution in [-0.2, 0) is 30.2 Å². The van der Waals surface area contributed by atoms with Gasteiger partial charge in [-0.1, -0.05) is 48.0 Å². The number of halogens is 1. The van der Waals surface area contributed by atoms with E-state index >= 15 is 0 Å². The molecule has 0 spiro atoms. The molecule has 6 nitrogen and oxygen atoms in total. The predicted molar refractivity (Wildman–Crippen MR) is 140 cm³/mol. The largest absolute Gasteiger partial charge is 0.462 e. The molecule has 7 heteroatoms. The Hall–Kier alpha value is -2.77. The van der Waals surface area contributed by atoms with E-state index in [0.717, 1.165) is 24.8 Å². The first kappa shape index (κ1) is 31.3. The Morgan fingerprint density at radius 1 is 1.11 bits per heavy atom. The van der Waals surface area contributed by atoms with E-state index in [-0.39, 0.29) is 35.6 Å². The number of esters is 1. The van der Waals surface area contributed by atoms with Gasteiger partial charge in [0, 0.05) is 13.0 Å². The van der Waals surface area contributed by atoms with Crippen molar-refractivity contribution in [3.05, 3.63) is 71.5 Å². The Morgan fingerprint density at radius 2 is 1.75 bits per heavy atom. The van der Waals surface area contributed by atoms with Gasteiger partial charge in [-0.15, -0.1) is 0 Å². The zero-order valence-electron chi connectivity index (χ0n) is 22.5. The minimum atomic E-state index is -0.318. The van der Waals surface area contributed by atoms with Gasteiger partial charge in [-0.25, -0.2) is 4.39 Å². The highest BCUT2D eigenvalue weighted by molar-refractivity contribution is 5.75. The minimum Gasteiger partial charge on any atom is -0.462 e. The molecule has 3 atom stereocenters. The van der Waals surface area contributed by atoms with E-state index in [1.807, 2.05) is 40.7 Å². The van der Waals surface area contributed by atoms with E-state index in [2.05, 4.69) is 34.3 Å². The monoisotopic (exact) mass is 503 g/mol. The summed E-state index contributed by atoms with van der Waals surface area (Å²) in [6.45, 7) is 10.4. The second kappa shape index (κ2) is 16.8. The van der Waals surface area contributed by atoms with Crippen LogP contribution < -0.4 is 5.32 Å². The van der Waals surface area contributed by atoms with Gasteiger partial charge < -0.3 is 19.5 Å². The smallest absolute Gasteiger partial charge is 0.323 e. The zero-order chi connectivity index (χ0) is 27.0. The lowest BCUT2D eigenvalue weighted by atomic mass is 10.0. The summed E-state index contributed by atoms with van der Waals surface area (Å²) in [5.74, 6) is -0.340. The highest BCUT2D eigenvalue weighted by atomic mass is 19.1. The average molecular weight is 504 g/mol. The second-order valence-corrected chi connectivity index (χ2v) is 9.75. The Kier molecular flexibility index (Phi) is 14.6. The van der Waals surface area contributed by atoms with Crippen LogP contribution in [0.4, 0.5) is 4.39 Å². The van der Waals surface area contributed by atoms with Crippen LogP contribution >= 0.6 is 0 Å². The van der Waals surface area contributed by atoms with E-state index in [0.29, 0.717) is 19.5 Å². The number of hydrogen-bond donors (Lipinski definition) is 1. The second-order valence-electron chi connectivity index (χ2n) is 9.75. The van der Waals surface area contributed by atoms with Crippen molar-refractivity contribution < 1.29 is 28.2 Å². The van der Waals surface area contributed by atoms with Crippen molar-refractivity contribution in [2.45, 2.75) is 84.2 Å². The van der Waals surface area contributed by atoms with Crippen molar-refractivity contribution >= 4 is 12.4 Å². The van der Waals surface area contributed by atoms with Gasteiger partial charge in [0.25, 0.3) is 6.47 Å². The van der Waals surface area contributed by atoms with E-state index in [1.54, 1.807) is 19.2 Å². The van der Waals surface area contributed by atoms with Crippen molar-refractivity contribution in [2.24, 2.45) is 0 Å². The summed E-state index contributed by atoms with van der Waals surface area (Å²) < 4.78 is 28.1. The van der Waals surface area contributed by atoms with Crippen LogP contribution in [0, 0.1) is 12.7 Å². The Balaban J connectivity index is 0.000000353. The van der Waals surface area contributed by atoms with E-state index in [4.69, 9.17) is 9.47 Å². The van der Waals surface area contributed by atoms with Gasteiger partial charge >= 0.3 is 5.97 Å². The van der Waals surface area contributed by atoms with Crippen molar-refractivity contribution in [1.29, 1.82) is 0 Å². The number of rotatable bonds is 5. The van der Waals surface area contributed by atoms with Crippen LogP contribution in [0.3, 0.4) is 0 Å². The van der Waals surface area contributed by atoms with Crippen molar-refractivity contribution in [1.82, 2.24) is 5.32 Å². The first-order valence-electron chi connectivity index (χ1n) is 12.4. The third-order valence-corrected chi connectivity index (χ3v) is 5.32. The molecular weight excluding hydrogens is 461 g/mol. The molecule has 0 amide bonds. The predicted octanol–water partition coefficient (Wildman–Crippen LogP) is 5.41. The molecule has 1 aliphatic rings. The van der Waals surface area contributed by atoms with Gasteiger partial charge in [-0.05, 0) is 78.6 Å². The first-order chi connectivity index (χ1) is 17.0. The summed E-state index contributed by atoms with van der Waals surface area (Å²) in [6, 6.07) is 16.5. The van der Waals surface area contributed by atoms with Crippen LogP contribution in [0.5, 0.6) is 0 Å². The molecule has 2 unspecified atom stereocenters. The van der Waals surface area contributed by atoms with Gasteiger partial charge in [0.2, 0.25) is 0 Å². The van der Waals surface area contributed by atoms with E-state index in [1.165, 1.54) is 17.7 Å². The maximum atomic E-state index is 12.1. The average Bonchev–Trinajstić information content (AvgIpc) is 2.88. The van der Waals surface area contributed by atoms with E-state index < -0.39 is 0 Å². The molecule has 2 aromatic rings. The zero-order valence-corrected chi connectivity index (χ0v) is 22.5. The fourth-order valence-corrected chi connectivity index (χ4v) is 3.35. The summed E-state index contributed by atoms with van der Waals surface area (Å²) in [4.78, 5) is 21.5. The third kappa shape index (κ3) is 14.6. The van der Waals surface area contributed by atoms with Crippen LogP contribution in [-0.4, -0.2) is 49.9 Å². The topological polar surface area (TPSA) is 73.9 Å². The lowest BCUT2D eigenvalue weighted by molar-refractivity contribution is -0.151. The lowest BCUT2D eigenvalue weighted by Gasteiger charge is -2.20. The van der Waals surface area contributed by atoms with Crippen molar-refractivity contribution in [2.75, 3.05) is 13.7 Å². The lowest BCUT2D eigenvalue weighted by Crippen LogP contribution is -2.37. The van der Waals surface area contributed by atoms with Crippen molar-refractivity contribution in [3.63, 3.8) is 0 Å². The fourth-order valence-electron chi connectivity index (χ4n) is 3.35. The summed E-state index contributed by atoms with van der Waals surface area (Å²) in [7, 11) is 1.78. The molecule has 0 aromatic heterocycles. The standard InChI is InChI=1S/C17H25NO3.C7H7F.C5H10O2/c1-13-12-15(9-8-14-6-4-3-5-7-14)20-11-10-16(18-2)17(19)21-13;1-6-2-4-7(8)5-3-6;1-5(2,3)7-4-6/h3-7,13,15-16,18H,8-12H2,1-2H3;2-5H,1H3;4H,1-3H3/t13?,15?,16-;;/m0../s1. The number of ether oxygens (including phenoxy) is 3. The van der Waals surface area contributed by atoms with Gasteiger partial charge in [0.05, 0.1) is 6.10 Å². The van der Waals surface area contributed by atoms with Crippen LogP contribution in [0.2, 0.25) is 0 Å². The molecule has 0 bridgehead atoms. The number of aryl methyl sites for hydroxylation is 2. The molecular formula is C29H42FNO5. The number of carbonyl (C=O) groups excluding carboxylic acids is 2. The van der Waals surface area contributed by atoms with Gasteiger partial charge in [0.15, 0.2) is 0 Å². The van der Waals surface area contributed by atoms with Crippen LogP contribution in [0.15, 0.2) is 54.6 Å². The van der Waals surface area contributed by atoms with Gasteiger partial charge in [-0.2, -0.15) is 0 Å². The molecule has 1 N–H and O–H groups in total. The summed E-state index contributed by atoms with van der Waals surface area (Å²) in [5, 5.41) is 2.99. The summed E-state index contributed by atoms with van der Waals surface area (Å²) in [5.41, 5.74) is 2.09. The van der Waals surface area contributed by atoms with E-state index in [9.17, 15) is 14.0 Å². The highest BCUT2D eigenvalue weighted by Crippen LogP contribution is 2.17. The molecule has 0 aliphatic carbocycles. The first-order valence-corrected chi connectivity index (χ1v) is 12.4. The molecule has 1 fully saturated rings. The van der Waals surface area contributed by atoms with Crippen LogP contribution in [0.1, 0.15) is 58.1 Å². The molecule has 1 aliphatic heterocycles. The van der Waals surface area contributed by atoms with Crippen LogP contribution in [0.25, 0.3) is 0 Å². The Labute approximate surface area is 215 Å². The molecule has 2 aromatic carbocycles. The molecule has 0 saturated carbocycles. The SMILES string of the molecule is CC(C)(C)OC=O.CN[C@H]1CCOC(CCc2ccccc2)CC(C)OC1=O.Cc1ccc(F)cc1. The number of cyclic esters (lactones) is 1. The molecule has 1 saturated heterocycles. The highest BCUT2D eigenvalue weighted by Gasteiger charge is 2.25. The molecule has 1 heterocycles. The third-order valence-electron chi connectivity index (χ3n) is 5.32. The summed E-state index contributed by atoms with van der Waals surface area (Å²) in [6.07, 6.45) is 3.40. The Morgan fingerprint density at radius 3 is 2.25 bits per heavy atom. The van der Waals surface area contributed by atoms with Crippen molar-refractivity contribution in [3.8, 4) is 0 Å². The normalized spacial score (nSPS) is 20.1. The fraction of sp³-hybridized carbons (Fsp3) is 0.517. The number of benzene rings is 2.